The van der Waals surface area contributed by atoms with Crippen LogP contribution in [0.3, 0.4) is 0 Å². The molecule has 0 spiro atoms. The average molecular weight is 580 g/mol. The molecule has 208 valence electrons. The van der Waals surface area contributed by atoms with Crippen molar-refractivity contribution < 1.29 is 0 Å². The molecule has 1 aliphatic heterocycles. The highest BCUT2D eigenvalue weighted by atomic mass is 32.2. The van der Waals surface area contributed by atoms with Gasteiger partial charge in [0.25, 0.3) is 0 Å². The van der Waals surface area contributed by atoms with Crippen LogP contribution in [0.1, 0.15) is 12.8 Å². The lowest BCUT2D eigenvalue weighted by Gasteiger charge is -2.33. The van der Waals surface area contributed by atoms with E-state index in [1.54, 1.807) is 0 Å². The molecule has 1 heterocycles. The zero-order chi connectivity index (χ0) is 29.0. The van der Waals surface area contributed by atoms with E-state index in [1.807, 2.05) is 11.8 Å². The minimum atomic E-state index is 1.10. The van der Waals surface area contributed by atoms with Crippen LogP contribution in [0.5, 0.6) is 0 Å². The molecule has 44 heavy (non-hydrogen) atoms. The Bertz CT molecular complexity index is 2340. The summed E-state index contributed by atoms with van der Waals surface area (Å²) in [6.07, 6.45) is 7.07. The summed E-state index contributed by atoms with van der Waals surface area (Å²) in [6, 6.07) is 51.3. The molecule has 2 aliphatic rings. The van der Waals surface area contributed by atoms with Gasteiger partial charge in [-0.25, -0.2) is 0 Å². The molecule has 9 rings (SSSR count). The van der Waals surface area contributed by atoms with E-state index >= 15 is 0 Å². The number of nitrogens with zero attached hydrogens (tertiary/aromatic N) is 1. The Hall–Kier alpha value is -5.05. The molecule has 1 nitrogen and oxygen atoms in total. The molecule has 7 aromatic carbocycles. The van der Waals surface area contributed by atoms with Gasteiger partial charge in [-0.15, -0.1) is 0 Å². The Balaban J connectivity index is 1.16. The van der Waals surface area contributed by atoms with Gasteiger partial charge >= 0.3 is 0 Å². The lowest BCUT2D eigenvalue weighted by atomic mass is 9.91. The summed E-state index contributed by atoms with van der Waals surface area (Å²) in [5, 5.41) is 8.15. The fraction of sp³-hybridized carbons (Fsp3) is 0.0476. The predicted molar refractivity (Wildman–Crippen MR) is 189 cm³/mol. The molecule has 0 radical (unpaired) electrons. The van der Waals surface area contributed by atoms with Gasteiger partial charge in [-0.2, -0.15) is 0 Å². The van der Waals surface area contributed by atoms with Crippen molar-refractivity contribution in [2.24, 2.45) is 0 Å². The van der Waals surface area contributed by atoms with Crippen LogP contribution < -0.4 is 15.3 Å². The Kier molecular flexibility index (Phi) is 5.95. The highest BCUT2D eigenvalue weighted by Gasteiger charge is 2.24. The van der Waals surface area contributed by atoms with E-state index < -0.39 is 0 Å². The molecule has 0 saturated heterocycles. The maximum absolute atomic E-state index is 2.44. The number of para-hydroxylation sites is 2. The first kappa shape index (κ1) is 25.4. The van der Waals surface area contributed by atoms with Crippen molar-refractivity contribution in [1.29, 1.82) is 0 Å². The van der Waals surface area contributed by atoms with Crippen LogP contribution in [0.25, 0.3) is 56.0 Å². The zero-order valence-electron chi connectivity index (χ0n) is 24.2. The largest absolute Gasteiger partial charge is 0.308 e. The third-order valence-electron chi connectivity index (χ3n) is 9.04. The second-order valence-electron chi connectivity index (χ2n) is 11.6. The van der Waals surface area contributed by atoms with Crippen LogP contribution in [0.15, 0.2) is 149 Å². The normalized spacial score (nSPS) is 13.5. The van der Waals surface area contributed by atoms with Gasteiger partial charge in [0.2, 0.25) is 0 Å². The molecular formula is C42H29NS. The highest BCUT2D eigenvalue weighted by molar-refractivity contribution is 7.99. The SMILES string of the molecule is C1=c2c(c3cc(-c4cccc(-c5cccc(N6c7ccccc7Sc7ccccc76)c5)c4)ccc3c3ccccc23)=CCC1. The summed E-state index contributed by atoms with van der Waals surface area (Å²) in [6.45, 7) is 0. The summed E-state index contributed by atoms with van der Waals surface area (Å²) in [7, 11) is 0. The first-order valence-electron chi connectivity index (χ1n) is 15.3. The maximum Gasteiger partial charge on any atom is 0.0601 e. The molecule has 0 fully saturated rings. The first-order valence-corrected chi connectivity index (χ1v) is 16.2. The Morgan fingerprint density at radius 1 is 0.409 bits per heavy atom. The van der Waals surface area contributed by atoms with Crippen LogP contribution in [0, 0.1) is 0 Å². The standard InChI is InChI=1S/C42H29NS/c1-2-17-35-33(15-1)34-16-3-4-18-36(34)38-27-31(23-24-37(35)38)29-12-9-11-28(25-29)30-13-10-14-32(26-30)43-39-19-5-7-21-41(39)44-42-22-8-6-20-40(42)43/h1-2,5-27H,3-4H2. The van der Waals surface area contributed by atoms with Gasteiger partial charge in [0.1, 0.15) is 0 Å². The summed E-state index contributed by atoms with van der Waals surface area (Å²) < 4.78 is 0. The lowest BCUT2D eigenvalue weighted by Crippen LogP contribution is -2.28. The molecule has 1 aliphatic carbocycles. The van der Waals surface area contributed by atoms with Crippen molar-refractivity contribution in [2.45, 2.75) is 22.6 Å². The second-order valence-corrected chi connectivity index (χ2v) is 12.7. The molecule has 0 unspecified atom stereocenters. The minimum Gasteiger partial charge on any atom is -0.308 e. The van der Waals surface area contributed by atoms with Crippen molar-refractivity contribution >= 4 is 62.5 Å². The van der Waals surface area contributed by atoms with E-state index in [0.29, 0.717) is 0 Å². The third-order valence-corrected chi connectivity index (χ3v) is 10.2. The van der Waals surface area contributed by atoms with E-state index in [2.05, 4.69) is 157 Å². The van der Waals surface area contributed by atoms with Gasteiger partial charge in [0, 0.05) is 15.5 Å². The number of hydrogen-bond acceptors (Lipinski definition) is 2. The van der Waals surface area contributed by atoms with Crippen LogP contribution in [0.2, 0.25) is 0 Å². The quantitative estimate of drug-likeness (QED) is 0.192. The molecule has 0 atom stereocenters. The summed E-state index contributed by atoms with van der Waals surface area (Å²) in [4.78, 5) is 4.96. The first-order chi connectivity index (χ1) is 21.8. The van der Waals surface area contributed by atoms with E-state index in [-0.39, 0.29) is 0 Å². The zero-order valence-corrected chi connectivity index (χ0v) is 25.0. The number of anilines is 3. The van der Waals surface area contributed by atoms with Crippen LogP contribution in [-0.4, -0.2) is 0 Å². The van der Waals surface area contributed by atoms with Crippen molar-refractivity contribution in [3.05, 3.63) is 150 Å². The van der Waals surface area contributed by atoms with Gasteiger partial charge < -0.3 is 4.90 Å². The summed E-state index contributed by atoms with van der Waals surface area (Å²) in [5.74, 6) is 0. The molecule has 0 amide bonds. The molecule has 7 aromatic rings. The van der Waals surface area contributed by atoms with Crippen LogP contribution in [0.4, 0.5) is 17.1 Å². The van der Waals surface area contributed by atoms with Gasteiger partial charge in [-0.3, -0.25) is 0 Å². The molecule has 0 saturated carbocycles. The highest BCUT2D eigenvalue weighted by Crippen LogP contribution is 2.51. The molecule has 0 bridgehead atoms. The topological polar surface area (TPSA) is 3.24 Å². The molecule has 0 N–H and O–H groups in total. The van der Waals surface area contributed by atoms with Gasteiger partial charge in [-0.1, -0.05) is 115 Å². The summed E-state index contributed by atoms with van der Waals surface area (Å²) >= 11 is 1.84. The average Bonchev–Trinajstić information content (AvgIpc) is 3.10. The van der Waals surface area contributed by atoms with Crippen molar-refractivity contribution in [3.8, 4) is 22.3 Å². The maximum atomic E-state index is 2.44. The van der Waals surface area contributed by atoms with Crippen LogP contribution >= 0.6 is 11.8 Å². The van der Waals surface area contributed by atoms with E-state index in [0.717, 1.165) is 12.8 Å². The van der Waals surface area contributed by atoms with Crippen molar-refractivity contribution in [1.82, 2.24) is 0 Å². The Morgan fingerprint density at radius 3 is 1.68 bits per heavy atom. The smallest absolute Gasteiger partial charge is 0.0601 e. The van der Waals surface area contributed by atoms with E-state index in [1.165, 1.54) is 81.1 Å². The monoisotopic (exact) mass is 579 g/mol. The van der Waals surface area contributed by atoms with Gasteiger partial charge in [0.15, 0.2) is 0 Å². The van der Waals surface area contributed by atoms with Gasteiger partial charge in [0.05, 0.1) is 11.4 Å². The minimum absolute atomic E-state index is 1.10. The Morgan fingerprint density at radius 2 is 0.955 bits per heavy atom. The lowest BCUT2D eigenvalue weighted by molar-refractivity contribution is 1.13. The number of benzene rings is 7. The molecule has 0 aromatic heterocycles. The van der Waals surface area contributed by atoms with Crippen LogP contribution in [-0.2, 0) is 0 Å². The van der Waals surface area contributed by atoms with E-state index in [4.69, 9.17) is 0 Å². The van der Waals surface area contributed by atoms with E-state index in [9.17, 15) is 0 Å². The molecule has 2 heteroatoms. The Labute approximate surface area is 261 Å². The fourth-order valence-electron chi connectivity index (χ4n) is 7.01. The van der Waals surface area contributed by atoms with Crippen molar-refractivity contribution in [3.63, 3.8) is 0 Å². The van der Waals surface area contributed by atoms with Crippen molar-refractivity contribution in [2.75, 3.05) is 4.90 Å². The number of rotatable bonds is 3. The summed E-state index contributed by atoms with van der Waals surface area (Å²) in [5.41, 5.74) is 8.54. The number of hydrogen-bond donors (Lipinski definition) is 0. The fourth-order valence-corrected chi connectivity index (χ4v) is 8.06. The van der Waals surface area contributed by atoms with Gasteiger partial charge in [-0.05, 0) is 116 Å². The second kappa shape index (κ2) is 10.3. The molecular weight excluding hydrogens is 551 g/mol. The third kappa shape index (κ3) is 4.10. The number of fused-ring (bicyclic) bond motifs is 8. The predicted octanol–water partition coefficient (Wildman–Crippen LogP) is 10.6.